The molecule has 1 fully saturated rings. The number of hydrogen-bond donors (Lipinski definition) is 2. The van der Waals surface area contributed by atoms with Gasteiger partial charge in [-0.3, -0.25) is 4.79 Å². The molecule has 0 spiro atoms. The van der Waals surface area contributed by atoms with Crippen LogP contribution in [0.5, 0.6) is 0 Å². The lowest BCUT2D eigenvalue weighted by Crippen LogP contribution is -2.49. The fraction of sp³-hybridized carbons (Fsp3) is 0.462. The van der Waals surface area contributed by atoms with Crippen LogP contribution in [-0.2, 0) is 14.8 Å². The molecule has 1 aliphatic rings. The Bertz CT molecular complexity index is 589. The van der Waals surface area contributed by atoms with Gasteiger partial charge in [-0.2, -0.15) is 0 Å². The molecule has 1 aromatic carbocycles. The minimum Gasteiger partial charge on any atom is -0.381 e. The molecule has 1 saturated heterocycles. The molecule has 7 heteroatoms. The molecule has 1 aliphatic heterocycles. The van der Waals surface area contributed by atoms with Crippen LogP contribution in [0.15, 0.2) is 29.2 Å². The van der Waals surface area contributed by atoms with Crippen molar-refractivity contribution in [1.82, 2.24) is 5.32 Å². The second-order valence-corrected chi connectivity index (χ2v) is 6.76. The summed E-state index contributed by atoms with van der Waals surface area (Å²) in [4.78, 5) is 12.1. The molecule has 0 aromatic heterocycles. The Balaban J connectivity index is 2.09. The SMILES string of the molecule is CC1(NC(=O)c2ccc(S(N)(=O)=O)cc2)CCOCC1. The Morgan fingerprint density at radius 2 is 1.80 bits per heavy atom. The van der Waals surface area contributed by atoms with E-state index in [1.807, 2.05) is 6.92 Å². The summed E-state index contributed by atoms with van der Waals surface area (Å²) in [6.07, 6.45) is 1.52. The number of hydrogen-bond acceptors (Lipinski definition) is 4. The van der Waals surface area contributed by atoms with Gasteiger partial charge in [0, 0.05) is 24.3 Å². The first-order chi connectivity index (χ1) is 9.30. The van der Waals surface area contributed by atoms with Gasteiger partial charge in [-0.1, -0.05) is 0 Å². The maximum Gasteiger partial charge on any atom is 0.251 e. The van der Waals surface area contributed by atoms with Gasteiger partial charge in [0.2, 0.25) is 10.0 Å². The van der Waals surface area contributed by atoms with Crippen molar-refractivity contribution in [1.29, 1.82) is 0 Å². The molecule has 3 N–H and O–H groups in total. The van der Waals surface area contributed by atoms with Crippen LogP contribution in [0.2, 0.25) is 0 Å². The third-order valence-electron chi connectivity index (χ3n) is 3.46. The van der Waals surface area contributed by atoms with E-state index in [9.17, 15) is 13.2 Å². The van der Waals surface area contributed by atoms with Crippen LogP contribution in [-0.4, -0.2) is 33.1 Å². The number of ether oxygens (including phenoxy) is 1. The van der Waals surface area contributed by atoms with Crippen molar-refractivity contribution in [2.75, 3.05) is 13.2 Å². The molecule has 110 valence electrons. The van der Waals surface area contributed by atoms with Gasteiger partial charge in [0.15, 0.2) is 0 Å². The molecule has 0 saturated carbocycles. The minimum atomic E-state index is -3.73. The summed E-state index contributed by atoms with van der Waals surface area (Å²) in [5.41, 5.74) is 0.124. The van der Waals surface area contributed by atoms with E-state index in [-0.39, 0.29) is 16.3 Å². The van der Waals surface area contributed by atoms with E-state index in [2.05, 4.69) is 5.32 Å². The van der Waals surface area contributed by atoms with E-state index in [0.717, 1.165) is 12.8 Å². The summed E-state index contributed by atoms with van der Waals surface area (Å²) in [6.45, 7) is 3.23. The molecule has 1 heterocycles. The van der Waals surface area contributed by atoms with Gasteiger partial charge in [-0.15, -0.1) is 0 Å². The summed E-state index contributed by atoms with van der Waals surface area (Å²) in [7, 11) is -3.73. The second-order valence-electron chi connectivity index (χ2n) is 5.20. The molecule has 1 amide bonds. The van der Waals surface area contributed by atoms with Crippen LogP contribution < -0.4 is 10.5 Å². The Labute approximate surface area is 118 Å². The van der Waals surface area contributed by atoms with Crippen molar-refractivity contribution in [3.8, 4) is 0 Å². The van der Waals surface area contributed by atoms with Crippen LogP contribution in [0.1, 0.15) is 30.1 Å². The third-order valence-corrected chi connectivity index (χ3v) is 4.39. The maximum atomic E-state index is 12.1. The quantitative estimate of drug-likeness (QED) is 0.855. The van der Waals surface area contributed by atoms with Crippen LogP contribution in [0.3, 0.4) is 0 Å². The highest BCUT2D eigenvalue weighted by atomic mass is 32.2. The van der Waals surface area contributed by atoms with E-state index in [1.54, 1.807) is 0 Å². The molecule has 6 nitrogen and oxygen atoms in total. The number of amides is 1. The standard InChI is InChI=1S/C13H18N2O4S/c1-13(6-8-19-9-7-13)15-12(16)10-2-4-11(5-3-10)20(14,17)18/h2-5H,6-9H2,1H3,(H,15,16)(H2,14,17,18). The molecular formula is C13H18N2O4S. The zero-order valence-corrected chi connectivity index (χ0v) is 12.1. The number of nitrogens with two attached hydrogens (primary N) is 1. The largest absolute Gasteiger partial charge is 0.381 e. The molecule has 0 atom stereocenters. The molecule has 2 rings (SSSR count). The Morgan fingerprint density at radius 1 is 1.25 bits per heavy atom. The molecule has 0 radical (unpaired) electrons. The van der Waals surface area contributed by atoms with E-state index < -0.39 is 10.0 Å². The summed E-state index contributed by atoms with van der Waals surface area (Å²) in [5.74, 6) is -0.227. The lowest BCUT2D eigenvalue weighted by Gasteiger charge is -2.34. The highest BCUT2D eigenvalue weighted by Gasteiger charge is 2.29. The highest BCUT2D eigenvalue weighted by molar-refractivity contribution is 7.89. The Hall–Kier alpha value is -1.44. The van der Waals surface area contributed by atoms with Crippen molar-refractivity contribution >= 4 is 15.9 Å². The van der Waals surface area contributed by atoms with E-state index in [1.165, 1.54) is 24.3 Å². The molecule has 1 aromatic rings. The second kappa shape index (κ2) is 5.51. The number of carbonyl (C=O) groups is 1. The predicted octanol–water partition coefficient (Wildman–Crippen LogP) is 0.633. The van der Waals surface area contributed by atoms with E-state index in [0.29, 0.717) is 18.8 Å². The summed E-state index contributed by atoms with van der Waals surface area (Å²) in [5, 5.41) is 7.98. The molecular weight excluding hydrogens is 280 g/mol. The fourth-order valence-electron chi connectivity index (χ4n) is 2.09. The molecule has 0 unspecified atom stereocenters. The first-order valence-electron chi connectivity index (χ1n) is 6.33. The lowest BCUT2D eigenvalue weighted by atomic mass is 9.92. The topological polar surface area (TPSA) is 98.5 Å². The van der Waals surface area contributed by atoms with Gasteiger partial charge in [-0.05, 0) is 44.0 Å². The summed E-state index contributed by atoms with van der Waals surface area (Å²) >= 11 is 0. The average molecular weight is 298 g/mol. The summed E-state index contributed by atoms with van der Waals surface area (Å²) < 4.78 is 27.6. The van der Waals surface area contributed by atoms with Crippen molar-refractivity contribution in [2.24, 2.45) is 5.14 Å². The average Bonchev–Trinajstić information content (AvgIpc) is 2.38. The predicted molar refractivity (Wildman–Crippen MR) is 73.7 cm³/mol. The molecule has 20 heavy (non-hydrogen) atoms. The zero-order chi connectivity index (χ0) is 14.8. The van der Waals surface area contributed by atoms with Crippen molar-refractivity contribution in [3.05, 3.63) is 29.8 Å². The molecule has 0 aliphatic carbocycles. The molecule has 0 bridgehead atoms. The number of carbonyl (C=O) groups excluding carboxylic acids is 1. The number of primary sulfonamides is 1. The Morgan fingerprint density at radius 3 is 2.30 bits per heavy atom. The van der Waals surface area contributed by atoms with E-state index in [4.69, 9.17) is 9.88 Å². The third kappa shape index (κ3) is 3.56. The maximum absolute atomic E-state index is 12.1. The van der Waals surface area contributed by atoms with Crippen molar-refractivity contribution < 1.29 is 17.9 Å². The minimum absolute atomic E-state index is 0.00803. The summed E-state index contributed by atoms with van der Waals surface area (Å²) in [6, 6.07) is 5.57. The van der Waals surface area contributed by atoms with Gasteiger partial charge < -0.3 is 10.1 Å². The van der Waals surface area contributed by atoms with E-state index >= 15 is 0 Å². The van der Waals surface area contributed by atoms with Crippen molar-refractivity contribution in [2.45, 2.75) is 30.2 Å². The van der Waals surface area contributed by atoms with Gasteiger partial charge in [-0.25, -0.2) is 13.6 Å². The number of nitrogens with one attached hydrogen (secondary N) is 1. The first kappa shape index (κ1) is 15.0. The zero-order valence-electron chi connectivity index (χ0n) is 11.3. The smallest absolute Gasteiger partial charge is 0.251 e. The van der Waals surface area contributed by atoms with Crippen LogP contribution >= 0.6 is 0 Å². The van der Waals surface area contributed by atoms with Gasteiger partial charge in [0.25, 0.3) is 5.91 Å². The first-order valence-corrected chi connectivity index (χ1v) is 7.88. The van der Waals surface area contributed by atoms with Crippen LogP contribution in [0.25, 0.3) is 0 Å². The lowest BCUT2D eigenvalue weighted by molar-refractivity contribution is 0.0423. The highest BCUT2D eigenvalue weighted by Crippen LogP contribution is 2.20. The number of benzene rings is 1. The fourth-order valence-corrected chi connectivity index (χ4v) is 2.60. The number of sulfonamides is 1. The van der Waals surface area contributed by atoms with Crippen molar-refractivity contribution in [3.63, 3.8) is 0 Å². The normalized spacial score (nSPS) is 18.5. The van der Waals surface area contributed by atoms with Gasteiger partial charge >= 0.3 is 0 Å². The van der Waals surface area contributed by atoms with Crippen LogP contribution in [0.4, 0.5) is 0 Å². The van der Waals surface area contributed by atoms with Crippen LogP contribution in [0, 0.1) is 0 Å². The van der Waals surface area contributed by atoms with Gasteiger partial charge in [0.1, 0.15) is 0 Å². The number of rotatable bonds is 3. The van der Waals surface area contributed by atoms with Gasteiger partial charge in [0.05, 0.1) is 4.90 Å². The Kier molecular flexibility index (Phi) is 4.12. The monoisotopic (exact) mass is 298 g/mol.